The minimum Gasteiger partial charge on any atom is -0.399 e. The van der Waals surface area contributed by atoms with E-state index >= 15 is 0 Å². The van der Waals surface area contributed by atoms with Crippen molar-refractivity contribution in [1.29, 1.82) is 0 Å². The zero-order valence-electron chi connectivity index (χ0n) is 9.59. The van der Waals surface area contributed by atoms with E-state index in [1.54, 1.807) is 35.6 Å². The number of benzene rings is 2. The second kappa shape index (κ2) is 4.27. The fourth-order valence-corrected chi connectivity index (χ4v) is 2.87. The summed E-state index contributed by atoms with van der Waals surface area (Å²) in [7, 11) is 0. The molecule has 0 bridgehead atoms. The predicted octanol–water partition coefficient (Wildman–Crippen LogP) is 3.71. The van der Waals surface area contributed by atoms with Crippen LogP contribution in [0.4, 0.5) is 5.69 Å². The SMILES string of the molecule is Nc1ccc(C(=O)c2cccc3ccsc23)cc1. The lowest BCUT2D eigenvalue weighted by atomic mass is 10.0. The maximum absolute atomic E-state index is 12.4. The Balaban J connectivity index is 2.12. The van der Waals surface area contributed by atoms with Crippen LogP contribution in [0.2, 0.25) is 0 Å². The van der Waals surface area contributed by atoms with Gasteiger partial charge < -0.3 is 5.73 Å². The molecule has 0 aliphatic rings. The third-order valence-corrected chi connectivity index (χ3v) is 3.86. The molecule has 0 aliphatic heterocycles. The zero-order valence-corrected chi connectivity index (χ0v) is 10.4. The number of anilines is 1. The molecule has 0 saturated heterocycles. The second-order valence-corrected chi connectivity index (χ2v) is 5.01. The summed E-state index contributed by atoms with van der Waals surface area (Å²) >= 11 is 1.59. The summed E-state index contributed by atoms with van der Waals surface area (Å²) < 4.78 is 1.04. The molecule has 0 saturated carbocycles. The Kier molecular flexibility index (Phi) is 2.61. The molecule has 88 valence electrons. The smallest absolute Gasteiger partial charge is 0.194 e. The Hall–Kier alpha value is -2.13. The molecule has 0 aliphatic carbocycles. The molecule has 1 heterocycles. The van der Waals surface area contributed by atoms with Gasteiger partial charge in [0.1, 0.15) is 0 Å². The normalized spacial score (nSPS) is 10.7. The fourth-order valence-electron chi connectivity index (χ4n) is 1.96. The van der Waals surface area contributed by atoms with Gasteiger partial charge in [0.25, 0.3) is 0 Å². The molecule has 0 atom stereocenters. The molecule has 3 rings (SSSR count). The Bertz CT molecular complexity index is 713. The topological polar surface area (TPSA) is 43.1 Å². The van der Waals surface area contributed by atoms with Gasteiger partial charge in [-0.05, 0) is 47.2 Å². The molecule has 0 spiro atoms. The Morgan fingerprint density at radius 3 is 2.56 bits per heavy atom. The van der Waals surface area contributed by atoms with E-state index in [-0.39, 0.29) is 5.78 Å². The standard InChI is InChI=1S/C15H11NOS/c16-12-6-4-10(5-7-12)14(17)13-3-1-2-11-8-9-18-15(11)13/h1-9H,16H2. The van der Waals surface area contributed by atoms with Crippen LogP contribution in [0.5, 0.6) is 0 Å². The zero-order chi connectivity index (χ0) is 12.5. The highest BCUT2D eigenvalue weighted by atomic mass is 32.1. The van der Waals surface area contributed by atoms with Crippen LogP contribution in [-0.2, 0) is 0 Å². The van der Waals surface area contributed by atoms with Crippen LogP contribution in [0.1, 0.15) is 15.9 Å². The van der Waals surface area contributed by atoms with Crippen molar-refractivity contribution < 1.29 is 4.79 Å². The number of thiophene rings is 1. The molecule has 18 heavy (non-hydrogen) atoms. The molecule has 2 N–H and O–H groups in total. The first-order valence-electron chi connectivity index (χ1n) is 5.62. The minimum absolute atomic E-state index is 0.0445. The van der Waals surface area contributed by atoms with Gasteiger partial charge in [-0.25, -0.2) is 0 Å². The van der Waals surface area contributed by atoms with E-state index in [1.807, 2.05) is 29.6 Å². The van der Waals surface area contributed by atoms with Crippen molar-refractivity contribution in [3.8, 4) is 0 Å². The number of hydrogen-bond acceptors (Lipinski definition) is 3. The monoisotopic (exact) mass is 253 g/mol. The maximum atomic E-state index is 12.4. The van der Waals surface area contributed by atoms with Gasteiger partial charge in [-0.15, -0.1) is 11.3 Å². The van der Waals surface area contributed by atoms with Gasteiger partial charge in [0, 0.05) is 21.5 Å². The highest BCUT2D eigenvalue weighted by Crippen LogP contribution is 2.26. The summed E-state index contributed by atoms with van der Waals surface area (Å²) in [6.45, 7) is 0. The van der Waals surface area contributed by atoms with Crippen LogP contribution in [0.3, 0.4) is 0 Å². The average Bonchev–Trinajstić information content (AvgIpc) is 2.87. The lowest BCUT2D eigenvalue weighted by molar-refractivity contribution is 0.104. The Labute approximate surface area is 109 Å². The van der Waals surface area contributed by atoms with Gasteiger partial charge in [0.2, 0.25) is 0 Å². The number of nitrogen functional groups attached to an aromatic ring is 1. The van der Waals surface area contributed by atoms with E-state index in [2.05, 4.69) is 0 Å². The summed E-state index contributed by atoms with van der Waals surface area (Å²) in [5, 5.41) is 3.12. The first-order valence-corrected chi connectivity index (χ1v) is 6.50. The summed E-state index contributed by atoms with van der Waals surface area (Å²) in [5.41, 5.74) is 7.73. The van der Waals surface area contributed by atoms with Crippen LogP contribution in [0, 0.1) is 0 Å². The van der Waals surface area contributed by atoms with Crippen molar-refractivity contribution in [2.24, 2.45) is 0 Å². The quantitative estimate of drug-likeness (QED) is 0.559. The van der Waals surface area contributed by atoms with E-state index in [9.17, 15) is 4.79 Å². The first-order chi connectivity index (χ1) is 8.75. The molecular formula is C15H11NOS. The number of fused-ring (bicyclic) bond motifs is 1. The molecular weight excluding hydrogens is 242 g/mol. The summed E-state index contributed by atoms with van der Waals surface area (Å²) in [6, 6.07) is 14.9. The molecule has 1 aromatic heterocycles. The van der Waals surface area contributed by atoms with E-state index in [0.29, 0.717) is 11.3 Å². The molecule has 0 unspecified atom stereocenters. The molecule has 2 nitrogen and oxygen atoms in total. The van der Waals surface area contributed by atoms with Gasteiger partial charge in [0.05, 0.1) is 0 Å². The summed E-state index contributed by atoms with van der Waals surface area (Å²) in [4.78, 5) is 12.4. The van der Waals surface area contributed by atoms with Gasteiger partial charge in [-0.1, -0.05) is 12.1 Å². The highest BCUT2D eigenvalue weighted by molar-refractivity contribution is 7.17. The second-order valence-electron chi connectivity index (χ2n) is 4.10. The minimum atomic E-state index is 0.0445. The summed E-state index contributed by atoms with van der Waals surface area (Å²) in [6.07, 6.45) is 0. The van der Waals surface area contributed by atoms with Gasteiger partial charge in [-0.2, -0.15) is 0 Å². The van der Waals surface area contributed by atoms with Crippen LogP contribution in [-0.4, -0.2) is 5.78 Å². The van der Waals surface area contributed by atoms with E-state index in [0.717, 1.165) is 15.6 Å². The third-order valence-electron chi connectivity index (χ3n) is 2.90. The molecule has 0 fully saturated rings. The van der Waals surface area contributed by atoms with Gasteiger partial charge in [0.15, 0.2) is 5.78 Å². The third kappa shape index (κ3) is 1.79. The van der Waals surface area contributed by atoms with Crippen molar-refractivity contribution >= 4 is 32.9 Å². The molecule has 0 radical (unpaired) electrons. The first kappa shape index (κ1) is 11.0. The number of rotatable bonds is 2. The van der Waals surface area contributed by atoms with Crippen LogP contribution < -0.4 is 5.73 Å². The number of hydrogen-bond donors (Lipinski definition) is 1. The van der Waals surface area contributed by atoms with Crippen LogP contribution in [0.15, 0.2) is 53.9 Å². The average molecular weight is 253 g/mol. The molecule has 0 amide bonds. The Morgan fingerprint density at radius 2 is 1.78 bits per heavy atom. The number of carbonyl (C=O) groups excluding carboxylic acids is 1. The number of nitrogens with two attached hydrogens (primary N) is 1. The molecule has 3 aromatic rings. The Morgan fingerprint density at radius 1 is 1.00 bits per heavy atom. The van der Waals surface area contributed by atoms with E-state index in [4.69, 9.17) is 5.73 Å². The lowest BCUT2D eigenvalue weighted by Gasteiger charge is -2.03. The highest BCUT2D eigenvalue weighted by Gasteiger charge is 2.12. The summed E-state index contributed by atoms with van der Waals surface area (Å²) in [5.74, 6) is 0.0445. The van der Waals surface area contributed by atoms with Crippen molar-refractivity contribution in [3.05, 3.63) is 65.0 Å². The predicted molar refractivity (Wildman–Crippen MR) is 76.1 cm³/mol. The van der Waals surface area contributed by atoms with E-state index in [1.165, 1.54) is 0 Å². The molecule has 3 heteroatoms. The van der Waals surface area contributed by atoms with Crippen molar-refractivity contribution in [1.82, 2.24) is 0 Å². The van der Waals surface area contributed by atoms with Crippen molar-refractivity contribution in [2.45, 2.75) is 0 Å². The number of ketones is 1. The lowest BCUT2D eigenvalue weighted by Crippen LogP contribution is -2.01. The van der Waals surface area contributed by atoms with Crippen LogP contribution >= 0.6 is 11.3 Å². The maximum Gasteiger partial charge on any atom is 0.194 e. The fraction of sp³-hybridized carbons (Fsp3) is 0. The van der Waals surface area contributed by atoms with Gasteiger partial charge >= 0.3 is 0 Å². The van der Waals surface area contributed by atoms with E-state index < -0.39 is 0 Å². The van der Waals surface area contributed by atoms with Gasteiger partial charge in [-0.3, -0.25) is 4.79 Å². The molecule has 2 aromatic carbocycles. The van der Waals surface area contributed by atoms with Crippen LogP contribution in [0.25, 0.3) is 10.1 Å². The number of carbonyl (C=O) groups is 1. The van der Waals surface area contributed by atoms with Crippen molar-refractivity contribution in [3.63, 3.8) is 0 Å². The van der Waals surface area contributed by atoms with Crippen molar-refractivity contribution in [2.75, 3.05) is 5.73 Å². The largest absolute Gasteiger partial charge is 0.399 e.